The van der Waals surface area contributed by atoms with Gasteiger partial charge in [-0.05, 0) is 19.1 Å². The minimum absolute atomic E-state index is 0. The molecule has 0 saturated heterocycles. The van der Waals surface area contributed by atoms with Crippen LogP contribution < -0.4 is 0 Å². The SMILES string of the molecule is Cc1ccccn1.O.[Cl][Pt+].[NH2-]. The van der Waals surface area contributed by atoms with E-state index in [4.69, 9.17) is 0 Å². The minimum atomic E-state index is 0. The number of rotatable bonds is 0. The van der Waals surface area contributed by atoms with E-state index in [0.29, 0.717) is 0 Å². The summed E-state index contributed by atoms with van der Waals surface area (Å²) in [4.78, 5) is 3.98. The number of hydrogen-bond donors (Lipinski definition) is 0. The van der Waals surface area contributed by atoms with Crippen molar-refractivity contribution in [1.82, 2.24) is 4.98 Å². The van der Waals surface area contributed by atoms with E-state index in [2.05, 4.69) is 14.4 Å². The Kier molecular flexibility index (Phi) is 19.9. The molecule has 68 valence electrons. The van der Waals surface area contributed by atoms with Crippen molar-refractivity contribution in [3.8, 4) is 0 Å². The third-order valence-corrected chi connectivity index (χ3v) is 0.813. The fraction of sp³-hybridized carbons (Fsp3) is 0.167. The van der Waals surface area contributed by atoms with E-state index >= 15 is 0 Å². The fourth-order valence-corrected chi connectivity index (χ4v) is 0.448. The molecule has 5 heteroatoms. The molecule has 0 aliphatic rings. The normalized spacial score (nSPS) is 6.18. The Morgan fingerprint density at radius 1 is 1.36 bits per heavy atom. The molecule has 1 heterocycles. The number of nitrogens with zero attached hydrogens (tertiary/aromatic N) is 1. The van der Waals surface area contributed by atoms with Crippen LogP contribution in [0.2, 0.25) is 0 Å². The molecule has 0 unspecified atom stereocenters. The number of nitrogens with two attached hydrogens (primary N) is 1. The smallest absolute Gasteiger partial charge is 0.693 e. The van der Waals surface area contributed by atoms with Crippen molar-refractivity contribution < 1.29 is 24.2 Å². The summed E-state index contributed by atoms with van der Waals surface area (Å²) in [5.41, 5.74) is 1.07. The standard InChI is InChI=1S/C6H7N.ClH.H2N.H2O.Pt/c1-6-4-2-3-5-7-6;;;;/h2-5H,1H3;1H;2*1H2;/q;;-1;;+2/p-1. The van der Waals surface area contributed by atoms with Gasteiger partial charge in [0, 0.05) is 11.9 Å². The molecule has 0 spiro atoms. The first kappa shape index (κ1) is 17.2. The van der Waals surface area contributed by atoms with Gasteiger partial charge in [-0.15, -0.1) is 0 Å². The first-order chi connectivity index (χ1) is 4.39. The Labute approximate surface area is 81.9 Å². The number of aromatic nitrogens is 1. The molecule has 3 nitrogen and oxygen atoms in total. The fourth-order valence-electron chi connectivity index (χ4n) is 0.448. The predicted octanol–water partition coefficient (Wildman–Crippen LogP) is 1.97. The van der Waals surface area contributed by atoms with Gasteiger partial charge in [-0.25, -0.2) is 0 Å². The Hall–Kier alpha value is 0.0483. The maximum absolute atomic E-state index is 4.61. The van der Waals surface area contributed by atoms with Gasteiger partial charge < -0.3 is 11.6 Å². The van der Waals surface area contributed by atoms with Crippen LogP contribution in [-0.4, -0.2) is 10.5 Å². The number of hydrogen-bond acceptors (Lipinski definition) is 1. The van der Waals surface area contributed by atoms with Crippen molar-refractivity contribution in [2.45, 2.75) is 6.92 Å². The van der Waals surface area contributed by atoms with Gasteiger partial charge in [0.2, 0.25) is 0 Å². The monoisotopic (exact) mass is 357 g/mol. The van der Waals surface area contributed by atoms with Crippen molar-refractivity contribution in [3.05, 3.63) is 36.2 Å². The van der Waals surface area contributed by atoms with Gasteiger partial charge in [0.15, 0.2) is 0 Å². The van der Waals surface area contributed by atoms with Gasteiger partial charge in [0.25, 0.3) is 0 Å². The van der Waals surface area contributed by atoms with Crippen LogP contribution in [0.3, 0.4) is 0 Å². The van der Waals surface area contributed by atoms with Crippen LogP contribution in [-0.2, 0) is 18.8 Å². The maximum Gasteiger partial charge on any atom is -0.693 e. The summed E-state index contributed by atoms with van der Waals surface area (Å²) in [6.45, 7) is 1.97. The zero-order valence-electron chi connectivity index (χ0n) is 6.03. The summed E-state index contributed by atoms with van der Waals surface area (Å²) < 4.78 is 0. The number of aryl methyl sites for hydroxylation is 1. The van der Waals surface area contributed by atoms with E-state index in [1.807, 2.05) is 25.1 Å². The molecule has 0 fully saturated rings. The van der Waals surface area contributed by atoms with E-state index in [1.165, 1.54) is 0 Å². The number of pyridine rings is 1. The van der Waals surface area contributed by atoms with Crippen molar-refractivity contribution in [2.75, 3.05) is 0 Å². The van der Waals surface area contributed by atoms with Crippen LogP contribution in [0.25, 0.3) is 6.15 Å². The second-order valence-electron chi connectivity index (χ2n) is 1.47. The van der Waals surface area contributed by atoms with Crippen molar-refractivity contribution in [1.29, 1.82) is 0 Å². The third-order valence-electron chi connectivity index (χ3n) is 0.813. The Morgan fingerprint density at radius 3 is 2.09 bits per heavy atom. The van der Waals surface area contributed by atoms with E-state index in [-0.39, 0.29) is 11.6 Å². The second-order valence-corrected chi connectivity index (χ2v) is 1.47. The molecule has 0 radical (unpaired) electrons. The summed E-state index contributed by atoms with van der Waals surface area (Å²) >= 11 is 1.61. The van der Waals surface area contributed by atoms with Gasteiger partial charge >= 0.3 is 28.2 Å². The van der Waals surface area contributed by atoms with Crippen molar-refractivity contribution >= 4 is 9.42 Å². The second kappa shape index (κ2) is 12.7. The zero-order valence-corrected chi connectivity index (χ0v) is 9.06. The van der Waals surface area contributed by atoms with E-state index < -0.39 is 0 Å². The van der Waals surface area contributed by atoms with Crippen LogP contribution in [0, 0.1) is 6.92 Å². The van der Waals surface area contributed by atoms with E-state index in [1.54, 1.807) is 25.0 Å². The molecule has 0 aliphatic carbocycles. The first-order valence-corrected chi connectivity index (χ1v) is 5.21. The third kappa shape index (κ3) is 10.0. The van der Waals surface area contributed by atoms with Gasteiger partial charge in [0.05, 0.1) is 0 Å². The molecule has 0 saturated carbocycles. The van der Waals surface area contributed by atoms with Crippen LogP contribution in [0.4, 0.5) is 0 Å². The molecule has 1 aromatic heterocycles. The van der Waals surface area contributed by atoms with Crippen molar-refractivity contribution in [3.63, 3.8) is 0 Å². The maximum atomic E-state index is 4.61. The summed E-state index contributed by atoms with van der Waals surface area (Å²) in [5, 5.41) is 0. The summed E-state index contributed by atoms with van der Waals surface area (Å²) in [7, 11) is 4.61. The first-order valence-electron chi connectivity index (χ1n) is 2.39. The topological polar surface area (TPSA) is 77.9 Å². The molecule has 1 aromatic rings. The molecule has 0 aliphatic heterocycles. The molecule has 0 aromatic carbocycles. The summed E-state index contributed by atoms with van der Waals surface area (Å²) in [5.74, 6) is 0. The minimum Gasteiger partial charge on any atom is -0.693 e. The quantitative estimate of drug-likeness (QED) is 0.699. The Balaban J connectivity index is -0.000000149. The predicted molar refractivity (Wildman–Crippen MR) is 43.7 cm³/mol. The largest absolute Gasteiger partial charge is 0.693 e. The number of halogens is 1. The molecule has 11 heavy (non-hydrogen) atoms. The molecular formula is C6H11ClN2OPt. The molecule has 0 amide bonds. The Bertz CT molecular complexity index is 151. The van der Waals surface area contributed by atoms with Gasteiger partial charge in [0.1, 0.15) is 0 Å². The molecule has 0 atom stereocenters. The summed E-state index contributed by atoms with van der Waals surface area (Å²) in [6.07, 6.45) is 1.79. The van der Waals surface area contributed by atoms with Crippen LogP contribution >= 0.6 is 9.42 Å². The average Bonchev–Trinajstić information content (AvgIpc) is 1.94. The van der Waals surface area contributed by atoms with Crippen LogP contribution in [0.5, 0.6) is 0 Å². The van der Waals surface area contributed by atoms with E-state index in [0.717, 1.165) is 5.69 Å². The molecule has 1 rings (SSSR count). The van der Waals surface area contributed by atoms with Crippen LogP contribution in [0.1, 0.15) is 5.69 Å². The Morgan fingerprint density at radius 2 is 1.91 bits per heavy atom. The average molecular weight is 358 g/mol. The van der Waals surface area contributed by atoms with Crippen LogP contribution in [0.15, 0.2) is 24.4 Å². The molecule has 4 N–H and O–H groups in total. The van der Waals surface area contributed by atoms with Crippen molar-refractivity contribution in [2.24, 2.45) is 0 Å². The molecule has 0 bridgehead atoms. The van der Waals surface area contributed by atoms with Gasteiger partial charge in [-0.2, -0.15) is 0 Å². The van der Waals surface area contributed by atoms with Gasteiger partial charge in [-0.1, -0.05) is 6.07 Å². The zero-order chi connectivity index (χ0) is 7.11. The summed E-state index contributed by atoms with van der Waals surface area (Å²) in [6, 6.07) is 5.86. The van der Waals surface area contributed by atoms with Gasteiger partial charge in [-0.3, -0.25) is 4.98 Å². The van der Waals surface area contributed by atoms with E-state index in [9.17, 15) is 0 Å². The molecular weight excluding hydrogens is 347 g/mol.